The van der Waals surface area contributed by atoms with Crippen LogP contribution in [0.25, 0.3) is 0 Å². The van der Waals surface area contributed by atoms with Crippen molar-refractivity contribution in [2.24, 2.45) is 0 Å². The van der Waals surface area contributed by atoms with E-state index in [0.29, 0.717) is 19.8 Å². The van der Waals surface area contributed by atoms with Crippen LogP contribution in [0.4, 0.5) is 0 Å². The van der Waals surface area contributed by atoms with Crippen LogP contribution < -0.4 is 5.32 Å². The molecule has 1 N–H and O–H groups in total. The predicted molar refractivity (Wildman–Crippen MR) is 52.7 cm³/mol. The topological polar surface area (TPSA) is 41.6 Å². The van der Waals surface area contributed by atoms with Crippen molar-refractivity contribution in [2.45, 2.75) is 19.9 Å². The minimum absolute atomic E-state index is 0.0864. The molecule has 0 heterocycles. The van der Waals surface area contributed by atoms with E-state index in [1.165, 1.54) is 0 Å². The highest BCUT2D eigenvalue weighted by Gasteiger charge is 2.06. The Morgan fingerprint density at radius 1 is 1.54 bits per heavy atom. The Bertz CT molecular complexity index is 149. The highest BCUT2D eigenvalue weighted by molar-refractivity contribution is 5.77. The minimum Gasteiger partial charge on any atom is -0.380 e. The van der Waals surface area contributed by atoms with Gasteiger partial charge in [-0.15, -0.1) is 0 Å². The first-order valence-corrected chi connectivity index (χ1v) is 4.59. The number of amides is 1. The number of nitrogens with zero attached hydrogens (tertiary/aromatic N) is 1. The maximum Gasteiger partial charge on any atom is 0.236 e. The van der Waals surface area contributed by atoms with Gasteiger partial charge in [-0.3, -0.25) is 4.79 Å². The van der Waals surface area contributed by atoms with E-state index in [9.17, 15) is 4.79 Å². The number of likely N-dealkylation sites (N-methyl/N-ethyl adjacent to an activating group) is 1. The van der Waals surface area contributed by atoms with E-state index in [1.54, 1.807) is 19.0 Å². The third-order valence-electron chi connectivity index (χ3n) is 1.67. The second-order valence-electron chi connectivity index (χ2n) is 3.23. The lowest BCUT2D eigenvalue weighted by molar-refractivity contribution is -0.127. The van der Waals surface area contributed by atoms with E-state index in [4.69, 9.17) is 4.74 Å². The third kappa shape index (κ3) is 6.54. The summed E-state index contributed by atoms with van der Waals surface area (Å²) in [6.07, 6.45) is 0. The smallest absolute Gasteiger partial charge is 0.236 e. The molecule has 0 fully saturated rings. The lowest BCUT2D eigenvalue weighted by atomic mass is 10.3. The van der Waals surface area contributed by atoms with Crippen molar-refractivity contribution in [3.63, 3.8) is 0 Å². The van der Waals surface area contributed by atoms with Gasteiger partial charge in [-0.05, 0) is 13.8 Å². The Morgan fingerprint density at radius 2 is 2.15 bits per heavy atom. The number of carbonyl (C=O) groups is 1. The minimum atomic E-state index is 0.0864. The first-order valence-electron chi connectivity index (χ1n) is 4.59. The van der Waals surface area contributed by atoms with Crippen LogP contribution in [0.2, 0.25) is 0 Å². The molecular formula is C9H20N2O2. The fourth-order valence-corrected chi connectivity index (χ4v) is 0.773. The van der Waals surface area contributed by atoms with E-state index < -0.39 is 0 Å². The molecule has 0 radical (unpaired) electrons. The lowest BCUT2D eigenvalue weighted by Crippen LogP contribution is -2.39. The second kappa shape index (κ2) is 6.86. The molecule has 4 nitrogen and oxygen atoms in total. The Morgan fingerprint density at radius 3 is 2.62 bits per heavy atom. The van der Waals surface area contributed by atoms with Gasteiger partial charge in [0, 0.05) is 26.7 Å². The SMILES string of the molecule is CCOCC(C)NCC(=O)N(C)C. The standard InChI is InChI=1S/C9H20N2O2/c1-5-13-7-8(2)10-6-9(12)11(3)4/h8,10H,5-7H2,1-4H3. The van der Waals surface area contributed by atoms with E-state index >= 15 is 0 Å². The maximum atomic E-state index is 11.1. The molecule has 0 saturated carbocycles. The number of rotatable bonds is 6. The molecule has 0 saturated heterocycles. The molecule has 0 bridgehead atoms. The molecule has 1 unspecified atom stereocenters. The average Bonchev–Trinajstić information content (AvgIpc) is 2.10. The van der Waals surface area contributed by atoms with Crippen molar-refractivity contribution in [3.8, 4) is 0 Å². The normalized spacial score (nSPS) is 12.6. The summed E-state index contributed by atoms with van der Waals surface area (Å²) < 4.78 is 5.20. The van der Waals surface area contributed by atoms with Crippen LogP contribution >= 0.6 is 0 Å². The average molecular weight is 188 g/mol. The van der Waals surface area contributed by atoms with Crippen LogP contribution in [-0.4, -0.2) is 50.7 Å². The van der Waals surface area contributed by atoms with Gasteiger partial charge in [0.1, 0.15) is 0 Å². The summed E-state index contributed by atoms with van der Waals surface area (Å²) in [6, 6.07) is 0.226. The fourth-order valence-electron chi connectivity index (χ4n) is 0.773. The monoisotopic (exact) mass is 188 g/mol. The molecule has 0 aromatic carbocycles. The van der Waals surface area contributed by atoms with Gasteiger partial charge in [0.25, 0.3) is 0 Å². The molecule has 1 amide bonds. The van der Waals surface area contributed by atoms with Gasteiger partial charge >= 0.3 is 0 Å². The van der Waals surface area contributed by atoms with Crippen molar-refractivity contribution >= 4 is 5.91 Å². The first-order chi connectivity index (χ1) is 6.07. The molecule has 0 aromatic rings. The summed E-state index contributed by atoms with van der Waals surface area (Å²) in [5.74, 6) is 0.0864. The molecule has 0 aliphatic heterocycles. The zero-order valence-electron chi connectivity index (χ0n) is 8.96. The molecule has 0 spiro atoms. The van der Waals surface area contributed by atoms with Crippen LogP contribution in [0.1, 0.15) is 13.8 Å². The van der Waals surface area contributed by atoms with Gasteiger partial charge in [-0.25, -0.2) is 0 Å². The second-order valence-corrected chi connectivity index (χ2v) is 3.23. The van der Waals surface area contributed by atoms with Crippen molar-refractivity contribution < 1.29 is 9.53 Å². The van der Waals surface area contributed by atoms with Crippen molar-refractivity contribution in [2.75, 3.05) is 33.9 Å². The third-order valence-corrected chi connectivity index (χ3v) is 1.67. The van der Waals surface area contributed by atoms with Crippen LogP contribution in [0, 0.1) is 0 Å². The summed E-state index contributed by atoms with van der Waals surface area (Å²) >= 11 is 0. The van der Waals surface area contributed by atoms with Gasteiger partial charge < -0.3 is 15.0 Å². The summed E-state index contributed by atoms with van der Waals surface area (Å²) in [5.41, 5.74) is 0. The molecule has 0 aromatic heterocycles. The van der Waals surface area contributed by atoms with Gasteiger partial charge in [0.05, 0.1) is 13.2 Å². The first kappa shape index (κ1) is 12.4. The summed E-state index contributed by atoms with van der Waals surface area (Å²) in [4.78, 5) is 12.7. The molecule has 78 valence electrons. The number of ether oxygens (including phenoxy) is 1. The van der Waals surface area contributed by atoms with Gasteiger partial charge in [0.2, 0.25) is 5.91 Å². The van der Waals surface area contributed by atoms with Gasteiger partial charge in [0.15, 0.2) is 0 Å². The Kier molecular flexibility index (Phi) is 6.54. The van der Waals surface area contributed by atoms with Crippen LogP contribution in [-0.2, 0) is 9.53 Å². The molecule has 4 heteroatoms. The molecule has 0 rings (SSSR count). The predicted octanol–water partition coefficient (Wildman–Crippen LogP) is 0.0892. The highest BCUT2D eigenvalue weighted by atomic mass is 16.5. The highest BCUT2D eigenvalue weighted by Crippen LogP contribution is 1.84. The van der Waals surface area contributed by atoms with E-state index in [0.717, 1.165) is 0 Å². The number of hydrogen-bond acceptors (Lipinski definition) is 3. The van der Waals surface area contributed by atoms with Crippen LogP contribution in [0.5, 0.6) is 0 Å². The molecule has 13 heavy (non-hydrogen) atoms. The summed E-state index contributed by atoms with van der Waals surface area (Å²) in [5, 5.41) is 3.08. The molecular weight excluding hydrogens is 168 g/mol. The molecule has 0 aliphatic carbocycles. The Hall–Kier alpha value is -0.610. The fraction of sp³-hybridized carbons (Fsp3) is 0.889. The maximum absolute atomic E-state index is 11.1. The largest absolute Gasteiger partial charge is 0.380 e. The van der Waals surface area contributed by atoms with E-state index in [-0.39, 0.29) is 11.9 Å². The molecule has 1 atom stereocenters. The summed E-state index contributed by atoms with van der Waals surface area (Å²) in [6.45, 7) is 5.70. The van der Waals surface area contributed by atoms with Gasteiger partial charge in [-0.1, -0.05) is 0 Å². The van der Waals surface area contributed by atoms with Crippen LogP contribution in [0.3, 0.4) is 0 Å². The zero-order valence-corrected chi connectivity index (χ0v) is 8.96. The lowest BCUT2D eigenvalue weighted by Gasteiger charge is -2.15. The van der Waals surface area contributed by atoms with E-state index in [1.807, 2.05) is 13.8 Å². The number of nitrogens with one attached hydrogen (secondary N) is 1. The quantitative estimate of drug-likeness (QED) is 0.642. The van der Waals surface area contributed by atoms with Crippen molar-refractivity contribution in [1.29, 1.82) is 0 Å². The Labute approximate surface area is 80.2 Å². The van der Waals surface area contributed by atoms with Crippen molar-refractivity contribution in [3.05, 3.63) is 0 Å². The summed E-state index contributed by atoms with van der Waals surface area (Å²) in [7, 11) is 3.49. The Balaban J connectivity index is 3.46. The number of hydrogen-bond donors (Lipinski definition) is 1. The number of carbonyl (C=O) groups excluding carboxylic acids is 1. The molecule has 0 aliphatic rings. The van der Waals surface area contributed by atoms with Crippen molar-refractivity contribution in [1.82, 2.24) is 10.2 Å². The van der Waals surface area contributed by atoms with E-state index in [2.05, 4.69) is 5.32 Å². The zero-order chi connectivity index (χ0) is 10.3. The van der Waals surface area contributed by atoms with Gasteiger partial charge in [-0.2, -0.15) is 0 Å². The van der Waals surface area contributed by atoms with Crippen LogP contribution in [0.15, 0.2) is 0 Å².